The average Bonchev–Trinajstić information content (AvgIpc) is 2.66. The predicted octanol–water partition coefficient (Wildman–Crippen LogP) is 6.59. The highest BCUT2D eigenvalue weighted by atomic mass is 35.5. The van der Waals surface area contributed by atoms with E-state index < -0.39 is 29.5 Å². The first-order valence-electron chi connectivity index (χ1n) is 10.6. The summed E-state index contributed by atoms with van der Waals surface area (Å²) >= 11 is 6.75. The van der Waals surface area contributed by atoms with Gasteiger partial charge in [-0.25, -0.2) is 9.18 Å². The number of carbonyl (C=O) groups is 2. The van der Waals surface area contributed by atoms with Crippen molar-refractivity contribution < 1.29 is 23.5 Å². The van der Waals surface area contributed by atoms with Crippen LogP contribution in [-0.4, -0.2) is 24.3 Å². The van der Waals surface area contributed by atoms with Gasteiger partial charge in [-0.3, -0.25) is 4.79 Å². The second-order valence-electron chi connectivity index (χ2n) is 8.74. The monoisotopic (exact) mass is 463 g/mol. The molecule has 7 heteroatoms. The highest BCUT2D eigenvalue weighted by Gasteiger charge is 2.30. The number of rotatable bonds is 6. The van der Waals surface area contributed by atoms with Gasteiger partial charge in [-0.15, -0.1) is 0 Å². The number of halogens is 2. The van der Waals surface area contributed by atoms with Gasteiger partial charge >= 0.3 is 12.1 Å². The minimum absolute atomic E-state index is 0.0317. The van der Waals surface area contributed by atoms with E-state index in [0.29, 0.717) is 16.7 Å². The van der Waals surface area contributed by atoms with Crippen molar-refractivity contribution in [2.24, 2.45) is 0 Å². The molecule has 1 unspecified atom stereocenters. The lowest BCUT2D eigenvalue weighted by Gasteiger charge is -2.26. The molecule has 0 aliphatic heterocycles. The van der Waals surface area contributed by atoms with Crippen molar-refractivity contribution >= 4 is 23.7 Å². The second kappa shape index (κ2) is 10.3. The largest absolute Gasteiger partial charge is 0.466 e. The van der Waals surface area contributed by atoms with E-state index in [4.69, 9.17) is 21.1 Å². The van der Waals surface area contributed by atoms with Crippen LogP contribution in [0.15, 0.2) is 24.3 Å². The number of amides is 1. The normalized spacial score (nSPS) is 12.3. The average molecular weight is 464 g/mol. The zero-order valence-electron chi connectivity index (χ0n) is 19.7. The molecule has 0 heterocycles. The molecule has 32 heavy (non-hydrogen) atoms. The zero-order valence-corrected chi connectivity index (χ0v) is 20.4. The Hall–Kier alpha value is -2.60. The van der Waals surface area contributed by atoms with Gasteiger partial charge in [0.1, 0.15) is 11.4 Å². The molecular weight excluding hydrogens is 433 g/mol. The van der Waals surface area contributed by atoms with Crippen LogP contribution in [0.4, 0.5) is 9.18 Å². The summed E-state index contributed by atoms with van der Waals surface area (Å²) in [6.45, 7) is 12.4. The van der Waals surface area contributed by atoms with Crippen molar-refractivity contribution in [1.29, 1.82) is 0 Å². The molecule has 0 spiro atoms. The number of alkyl carbamates (subject to hydrolysis) is 1. The third-order valence-corrected chi connectivity index (χ3v) is 5.41. The van der Waals surface area contributed by atoms with Gasteiger partial charge in [-0.2, -0.15) is 0 Å². The summed E-state index contributed by atoms with van der Waals surface area (Å²) in [5.41, 5.74) is 2.89. The Morgan fingerprint density at radius 3 is 2.22 bits per heavy atom. The maximum Gasteiger partial charge on any atom is 0.408 e. The van der Waals surface area contributed by atoms with E-state index in [1.54, 1.807) is 41.5 Å². The maximum absolute atomic E-state index is 15.5. The molecule has 2 aromatic carbocycles. The quantitative estimate of drug-likeness (QED) is 0.491. The summed E-state index contributed by atoms with van der Waals surface area (Å²) in [5.74, 6) is -1.16. The second-order valence-corrected chi connectivity index (χ2v) is 9.12. The van der Waals surface area contributed by atoms with Crippen molar-refractivity contribution in [3.63, 3.8) is 0 Å². The first-order chi connectivity index (χ1) is 14.9. The SMILES string of the molecule is CCOC(=O)CC(NC(=O)OC(C)(C)C)c1c(F)c(C)c(C)c(-c2ccc(C)cc2)c1Cl. The summed E-state index contributed by atoms with van der Waals surface area (Å²) in [4.78, 5) is 24.8. The van der Waals surface area contributed by atoms with Crippen molar-refractivity contribution in [2.45, 2.75) is 66.5 Å². The van der Waals surface area contributed by atoms with Gasteiger partial charge in [0.25, 0.3) is 0 Å². The topological polar surface area (TPSA) is 64.6 Å². The van der Waals surface area contributed by atoms with E-state index in [-0.39, 0.29) is 23.6 Å². The lowest BCUT2D eigenvalue weighted by atomic mass is 9.90. The summed E-state index contributed by atoms with van der Waals surface area (Å²) in [7, 11) is 0. The van der Waals surface area contributed by atoms with E-state index >= 15 is 4.39 Å². The molecule has 0 saturated heterocycles. The molecule has 0 saturated carbocycles. The predicted molar refractivity (Wildman–Crippen MR) is 124 cm³/mol. The van der Waals surface area contributed by atoms with Gasteiger partial charge in [0.05, 0.1) is 24.1 Å². The van der Waals surface area contributed by atoms with Crippen molar-refractivity contribution in [3.8, 4) is 11.1 Å². The minimum atomic E-state index is -1.07. The number of nitrogens with one attached hydrogen (secondary N) is 1. The summed E-state index contributed by atoms with van der Waals surface area (Å²) in [6, 6.07) is 6.63. The minimum Gasteiger partial charge on any atom is -0.466 e. The molecule has 174 valence electrons. The van der Waals surface area contributed by atoms with Crippen LogP contribution >= 0.6 is 11.6 Å². The molecular formula is C25H31ClFNO4. The van der Waals surface area contributed by atoms with Crippen LogP contribution in [0.3, 0.4) is 0 Å². The Balaban J connectivity index is 2.64. The van der Waals surface area contributed by atoms with Crippen LogP contribution in [-0.2, 0) is 14.3 Å². The lowest BCUT2D eigenvalue weighted by Crippen LogP contribution is -2.36. The van der Waals surface area contributed by atoms with E-state index in [2.05, 4.69) is 5.32 Å². The molecule has 1 atom stereocenters. The molecule has 1 amide bonds. The Morgan fingerprint density at radius 2 is 1.69 bits per heavy atom. The van der Waals surface area contributed by atoms with Gasteiger partial charge in [0.2, 0.25) is 0 Å². The van der Waals surface area contributed by atoms with E-state index in [1.807, 2.05) is 31.2 Å². The van der Waals surface area contributed by atoms with Gasteiger partial charge < -0.3 is 14.8 Å². The fourth-order valence-corrected chi connectivity index (χ4v) is 3.85. The van der Waals surface area contributed by atoms with Gasteiger partial charge in [0.15, 0.2) is 0 Å². The molecule has 0 aliphatic rings. The van der Waals surface area contributed by atoms with E-state index in [9.17, 15) is 9.59 Å². The van der Waals surface area contributed by atoms with Crippen LogP contribution in [0.25, 0.3) is 11.1 Å². The number of benzene rings is 2. The zero-order chi connectivity index (χ0) is 24.2. The van der Waals surface area contributed by atoms with Crippen molar-refractivity contribution in [1.82, 2.24) is 5.32 Å². The van der Waals surface area contributed by atoms with Crippen molar-refractivity contribution in [2.75, 3.05) is 6.61 Å². The molecule has 0 radical (unpaired) electrons. The lowest BCUT2D eigenvalue weighted by molar-refractivity contribution is -0.143. The third-order valence-electron chi connectivity index (χ3n) is 5.01. The molecule has 1 N–H and O–H groups in total. The van der Waals surface area contributed by atoms with Gasteiger partial charge in [-0.05, 0) is 65.2 Å². The highest BCUT2D eigenvalue weighted by Crippen LogP contribution is 2.41. The Kier molecular flexibility index (Phi) is 8.29. The fourth-order valence-electron chi connectivity index (χ4n) is 3.38. The van der Waals surface area contributed by atoms with E-state index in [1.165, 1.54) is 0 Å². The number of hydrogen-bond donors (Lipinski definition) is 1. The highest BCUT2D eigenvalue weighted by molar-refractivity contribution is 6.34. The number of ether oxygens (including phenoxy) is 2. The number of carbonyl (C=O) groups excluding carboxylic acids is 2. The van der Waals surface area contributed by atoms with E-state index in [0.717, 1.165) is 11.1 Å². The molecule has 0 bridgehead atoms. The summed E-state index contributed by atoms with van der Waals surface area (Å²) in [5, 5.41) is 2.75. The number of hydrogen-bond acceptors (Lipinski definition) is 4. The van der Waals surface area contributed by atoms with Gasteiger partial charge in [-0.1, -0.05) is 41.4 Å². The maximum atomic E-state index is 15.5. The van der Waals surface area contributed by atoms with Crippen LogP contribution in [0.1, 0.15) is 62.4 Å². The third kappa shape index (κ3) is 6.22. The Bertz CT molecular complexity index is 997. The fraction of sp³-hybridized carbons (Fsp3) is 0.440. The molecule has 2 aromatic rings. The Morgan fingerprint density at radius 1 is 1.09 bits per heavy atom. The summed E-state index contributed by atoms with van der Waals surface area (Å²) in [6.07, 6.45) is -1.07. The first-order valence-corrected chi connectivity index (χ1v) is 10.9. The molecule has 0 aliphatic carbocycles. The summed E-state index contributed by atoms with van der Waals surface area (Å²) < 4.78 is 25.9. The Labute approximate surface area is 194 Å². The first kappa shape index (κ1) is 25.7. The molecule has 5 nitrogen and oxygen atoms in total. The van der Waals surface area contributed by atoms with Crippen LogP contribution in [0.5, 0.6) is 0 Å². The number of aryl methyl sites for hydroxylation is 1. The molecule has 0 fully saturated rings. The smallest absolute Gasteiger partial charge is 0.408 e. The van der Waals surface area contributed by atoms with Crippen LogP contribution in [0.2, 0.25) is 5.02 Å². The van der Waals surface area contributed by atoms with Crippen LogP contribution in [0, 0.1) is 26.6 Å². The molecule has 2 rings (SSSR count). The standard InChI is InChI=1S/C25H31ClFNO4/c1-8-31-19(29)13-18(28-24(30)32-25(5,6)7)21-22(26)20(15(3)16(4)23(21)27)17-11-9-14(2)10-12-17/h9-12,18H,8,13H2,1-7H3,(H,28,30). The van der Waals surface area contributed by atoms with Crippen molar-refractivity contribution in [3.05, 3.63) is 57.4 Å². The number of esters is 1. The molecule has 0 aromatic heterocycles. The van der Waals surface area contributed by atoms with Gasteiger partial charge in [0, 0.05) is 11.1 Å². The van der Waals surface area contributed by atoms with Crippen LogP contribution < -0.4 is 5.32 Å².